The largest absolute Gasteiger partial charge is 0.434 e. The number of pyridine rings is 1. The van der Waals surface area contributed by atoms with Crippen molar-refractivity contribution in [2.45, 2.75) is 12.3 Å². The molecule has 158 valence electrons. The maximum absolute atomic E-state index is 13.1. The molecule has 8 nitrogen and oxygen atoms in total. The molecule has 5 heterocycles. The van der Waals surface area contributed by atoms with E-state index in [9.17, 15) is 13.2 Å². The number of alkyl halides is 3. The summed E-state index contributed by atoms with van der Waals surface area (Å²) in [6.07, 6.45) is 3.75. The van der Waals surface area contributed by atoms with Crippen molar-refractivity contribution >= 4 is 11.5 Å². The molecule has 0 aliphatic carbocycles. The van der Waals surface area contributed by atoms with E-state index in [4.69, 9.17) is 4.74 Å². The van der Waals surface area contributed by atoms with E-state index in [2.05, 4.69) is 29.8 Å². The van der Waals surface area contributed by atoms with Crippen molar-refractivity contribution < 1.29 is 17.9 Å². The highest BCUT2D eigenvalue weighted by molar-refractivity contribution is 5.58. The zero-order valence-electron chi connectivity index (χ0n) is 16.1. The summed E-state index contributed by atoms with van der Waals surface area (Å²) in [7, 11) is 0. The Kier molecular flexibility index (Phi) is 4.74. The molecule has 0 N–H and O–H groups in total. The number of morpholine rings is 1. The lowest BCUT2D eigenvalue weighted by Gasteiger charge is -2.34. The van der Waals surface area contributed by atoms with Crippen molar-refractivity contribution in [1.82, 2.24) is 29.3 Å². The van der Waals surface area contributed by atoms with Crippen molar-refractivity contribution in [2.75, 3.05) is 24.6 Å². The molecule has 1 atom stereocenters. The minimum Gasteiger partial charge on any atom is -0.370 e. The van der Waals surface area contributed by atoms with E-state index in [1.807, 2.05) is 12.1 Å². The van der Waals surface area contributed by atoms with Crippen LogP contribution in [0, 0.1) is 0 Å². The molecular weight excluding hydrogens is 411 g/mol. The van der Waals surface area contributed by atoms with Gasteiger partial charge in [0.15, 0.2) is 17.2 Å². The number of hydrogen-bond acceptors (Lipinski definition) is 7. The molecular formula is C20H16F3N7O. The number of fused-ring (bicyclic) bond motifs is 1. The van der Waals surface area contributed by atoms with Crippen molar-refractivity contribution in [3.8, 4) is 11.5 Å². The van der Waals surface area contributed by atoms with Gasteiger partial charge in [-0.3, -0.25) is 9.38 Å². The SMILES string of the molecule is FC(F)(F)c1cn2c(-c3nccc(N4CCO[C@@H](c5ccncc5)C4)n3)cnc2cn1. The van der Waals surface area contributed by atoms with E-state index in [1.54, 1.807) is 24.7 Å². The van der Waals surface area contributed by atoms with Crippen LogP contribution in [0.25, 0.3) is 17.2 Å². The lowest BCUT2D eigenvalue weighted by Crippen LogP contribution is -2.38. The molecule has 0 unspecified atom stereocenters. The van der Waals surface area contributed by atoms with Gasteiger partial charge in [-0.05, 0) is 23.8 Å². The van der Waals surface area contributed by atoms with Crippen LogP contribution in [0.5, 0.6) is 0 Å². The summed E-state index contributed by atoms with van der Waals surface area (Å²) in [5, 5.41) is 0. The lowest BCUT2D eigenvalue weighted by molar-refractivity contribution is -0.141. The van der Waals surface area contributed by atoms with Gasteiger partial charge >= 0.3 is 6.18 Å². The Morgan fingerprint density at radius 2 is 1.84 bits per heavy atom. The molecule has 31 heavy (non-hydrogen) atoms. The van der Waals surface area contributed by atoms with Crippen LogP contribution in [0.1, 0.15) is 17.4 Å². The molecule has 0 bridgehead atoms. The Bertz CT molecular complexity index is 1210. The summed E-state index contributed by atoms with van der Waals surface area (Å²) in [6, 6.07) is 5.58. The van der Waals surface area contributed by atoms with Crippen LogP contribution in [0.2, 0.25) is 0 Å². The minimum absolute atomic E-state index is 0.133. The van der Waals surface area contributed by atoms with Gasteiger partial charge in [0, 0.05) is 37.9 Å². The van der Waals surface area contributed by atoms with E-state index >= 15 is 0 Å². The molecule has 1 aliphatic heterocycles. The highest BCUT2D eigenvalue weighted by atomic mass is 19.4. The minimum atomic E-state index is -4.56. The molecule has 4 aromatic rings. The van der Waals surface area contributed by atoms with Crippen LogP contribution in [0.15, 0.2) is 55.4 Å². The third kappa shape index (κ3) is 3.79. The molecule has 11 heteroatoms. The van der Waals surface area contributed by atoms with Crippen molar-refractivity contribution in [3.05, 3.63) is 66.6 Å². The Morgan fingerprint density at radius 1 is 1.00 bits per heavy atom. The summed E-state index contributed by atoms with van der Waals surface area (Å²) < 4.78 is 46.4. The standard InChI is InChI=1S/C20H16F3N7O/c21-20(22,23)16-12-30-14(9-27-18(30)10-26-16)19-25-6-3-17(28-19)29-7-8-31-15(11-29)13-1-4-24-5-2-13/h1-6,9-10,12,15H,7-8,11H2/t15-/m1/s1. The molecule has 0 aromatic carbocycles. The second kappa shape index (κ2) is 7.58. The van der Waals surface area contributed by atoms with Crippen molar-refractivity contribution in [1.29, 1.82) is 0 Å². The molecule has 4 aromatic heterocycles. The summed E-state index contributed by atoms with van der Waals surface area (Å²) in [4.78, 5) is 22.5. The third-order valence-corrected chi connectivity index (χ3v) is 5.02. The number of hydrogen-bond donors (Lipinski definition) is 0. The maximum atomic E-state index is 13.1. The molecule has 1 aliphatic rings. The van der Waals surface area contributed by atoms with Crippen molar-refractivity contribution in [2.24, 2.45) is 0 Å². The van der Waals surface area contributed by atoms with Crippen LogP contribution < -0.4 is 4.90 Å². The van der Waals surface area contributed by atoms with Crippen LogP contribution in [-0.4, -0.2) is 49.0 Å². The first kappa shape index (κ1) is 19.4. The van der Waals surface area contributed by atoms with Gasteiger partial charge in [0.1, 0.15) is 17.6 Å². The fraction of sp³-hybridized carbons (Fsp3) is 0.250. The Balaban J connectivity index is 1.47. The molecule has 1 fully saturated rings. The third-order valence-electron chi connectivity index (χ3n) is 5.02. The van der Waals surface area contributed by atoms with Gasteiger partial charge in [-0.25, -0.2) is 19.9 Å². The highest BCUT2D eigenvalue weighted by Gasteiger charge is 2.33. The average Bonchev–Trinajstić information content (AvgIpc) is 3.23. The quantitative estimate of drug-likeness (QED) is 0.497. The number of halogens is 3. The average molecular weight is 427 g/mol. The number of imidazole rings is 1. The Hall–Kier alpha value is -3.60. The summed E-state index contributed by atoms with van der Waals surface area (Å²) >= 11 is 0. The number of ether oxygens (including phenoxy) is 1. The first-order valence-corrected chi connectivity index (χ1v) is 9.49. The van der Waals surface area contributed by atoms with Gasteiger partial charge in [0.2, 0.25) is 0 Å². The summed E-state index contributed by atoms with van der Waals surface area (Å²) in [5.74, 6) is 0.934. The monoisotopic (exact) mass is 427 g/mol. The second-order valence-corrected chi connectivity index (χ2v) is 6.97. The van der Waals surface area contributed by atoms with Crippen LogP contribution in [0.3, 0.4) is 0 Å². The summed E-state index contributed by atoms with van der Waals surface area (Å²) in [5.41, 5.74) is 0.636. The first-order chi connectivity index (χ1) is 15.0. The Labute approximate surface area is 174 Å². The van der Waals surface area contributed by atoms with E-state index in [-0.39, 0.29) is 17.6 Å². The predicted octanol–water partition coefficient (Wildman–Crippen LogP) is 3.18. The van der Waals surface area contributed by atoms with Gasteiger partial charge < -0.3 is 9.64 Å². The van der Waals surface area contributed by atoms with E-state index in [0.717, 1.165) is 18.0 Å². The number of nitrogens with zero attached hydrogens (tertiary/aromatic N) is 7. The number of anilines is 1. The predicted molar refractivity (Wildman–Crippen MR) is 104 cm³/mol. The van der Waals surface area contributed by atoms with Crippen molar-refractivity contribution in [3.63, 3.8) is 0 Å². The molecule has 1 saturated heterocycles. The van der Waals surface area contributed by atoms with E-state index in [1.165, 1.54) is 10.6 Å². The number of rotatable bonds is 3. The maximum Gasteiger partial charge on any atom is 0.434 e. The van der Waals surface area contributed by atoms with Gasteiger partial charge in [0.25, 0.3) is 0 Å². The van der Waals surface area contributed by atoms with E-state index < -0.39 is 11.9 Å². The molecule has 0 radical (unpaired) electrons. The zero-order chi connectivity index (χ0) is 21.4. The molecule has 0 amide bonds. The summed E-state index contributed by atoms with van der Waals surface area (Å²) in [6.45, 7) is 1.73. The highest BCUT2D eigenvalue weighted by Crippen LogP contribution is 2.29. The van der Waals surface area contributed by atoms with Crippen LogP contribution >= 0.6 is 0 Å². The molecule has 5 rings (SSSR count). The van der Waals surface area contributed by atoms with Gasteiger partial charge in [0.05, 0.1) is 19.0 Å². The van der Waals surface area contributed by atoms with Gasteiger partial charge in [-0.2, -0.15) is 13.2 Å². The van der Waals surface area contributed by atoms with E-state index in [0.29, 0.717) is 31.2 Å². The van der Waals surface area contributed by atoms with Gasteiger partial charge in [-0.1, -0.05) is 0 Å². The topological polar surface area (TPSA) is 81.3 Å². The number of aromatic nitrogens is 6. The molecule has 0 spiro atoms. The normalized spacial score (nSPS) is 17.3. The van der Waals surface area contributed by atoms with Gasteiger partial charge in [-0.15, -0.1) is 0 Å². The second-order valence-electron chi connectivity index (χ2n) is 6.97. The fourth-order valence-electron chi connectivity index (χ4n) is 3.49. The molecule has 0 saturated carbocycles. The Morgan fingerprint density at radius 3 is 2.65 bits per heavy atom. The smallest absolute Gasteiger partial charge is 0.370 e. The first-order valence-electron chi connectivity index (χ1n) is 9.49. The lowest BCUT2D eigenvalue weighted by atomic mass is 10.1. The van der Waals surface area contributed by atoms with Crippen LogP contribution in [0.4, 0.5) is 19.0 Å². The zero-order valence-corrected chi connectivity index (χ0v) is 16.1. The fourth-order valence-corrected chi connectivity index (χ4v) is 3.49. The van der Waals surface area contributed by atoms with Crippen LogP contribution in [-0.2, 0) is 10.9 Å².